The van der Waals surface area contributed by atoms with Crippen molar-refractivity contribution in [3.63, 3.8) is 0 Å². The highest BCUT2D eigenvalue weighted by Crippen LogP contribution is 2.11. The fourth-order valence-corrected chi connectivity index (χ4v) is 1.91. The quantitative estimate of drug-likeness (QED) is 0.577. The van der Waals surface area contributed by atoms with E-state index >= 15 is 0 Å². The van der Waals surface area contributed by atoms with Crippen molar-refractivity contribution in [3.05, 3.63) is 0 Å². The van der Waals surface area contributed by atoms with Crippen LogP contribution in [0.2, 0.25) is 0 Å². The van der Waals surface area contributed by atoms with E-state index in [-0.39, 0.29) is 30.1 Å². The zero-order valence-electron chi connectivity index (χ0n) is 14.2. The van der Waals surface area contributed by atoms with Crippen molar-refractivity contribution < 1.29 is 14.3 Å². The summed E-state index contributed by atoms with van der Waals surface area (Å²) in [5, 5.41) is 5.74. The molecule has 0 unspecified atom stereocenters. The molecule has 0 spiro atoms. The number of carbonyl (C=O) groups excluding carboxylic acids is 2. The minimum atomic E-state index is -0.651. The van der Waals surface area contributed by atoms with Gasteiger partial charge in [0, 0.05) is 19.0 Å². The van der Waals surface area contributed by atoms with Gasteiger partial charge in [-0.05, 0) is 33.1 Å². The number of nitrogens with one attached hydrogen (secondary N) is 2. The van der Waals surface area contributed by atoms with Gasteiger partial charge in [-0.25, -0.2) is 0 Å². The summed E-state index contributed by atoms with van der Waals surface area (Å²) in [7, 11) is 1.53. The molecule has 6 nitrogen and oxygen atoms in total. The van der Waals surface area contributed by atoms with E-state index in [2.05, 4.69) is 24.5 Å². The first kappa shape index (κ1) is 19.9. The van der Waals surface area contributed by atoms with E-state index in [4.69, 9.17) is 10.5 Å². The monoisotopic (exact) mass is 301 g/mol. The number of ether oxygens (including phenoxy) is 1. The summed E-state index contributed by atoms with van der Waals surface area (Å²) in [5.74, 6) is -0.161. The number of hydrogen-bond acceptors (Lipinski definition) is 5. The smallest absolute Gasteiger partial charge is 0.323 e. The topological polar surface area (TPSA) is 93.5 Å². The standard InChI is InChI=1S/C15H31N3O3/c1-10(2)9-12(18-15(3,4)5)14(20)21-8-7-11(16)13(19)17-6/h10-12,18H,7-9,16H2,1-6H3,(H,17,19)/t11-,12-/m0/s1. The van der Waals surface area contributed by atoms with E-state index in [1.807, 2.05) is 20.8 Å². The first-order valence-electron chi connectivity index (χ1n) is 7.48. The van der Waals surface area contributed by atoms with Gasteiger partial charge in [-0.3, -0.25) is 14.9 Å². The molecule has 0 aliphatic heterocycles. The molecule has 1 amide bonds. The molecule has 0 aliphatic carbocycles. The number of carbonyl (C=O) groups is 2. The van der Waals surface area contributed by atoms with Crippen LogP contribution in [-0.2, 0) is 14.3 Å². The molecule has 6 heteroatoms. The van der Waals surface area contributed by atoms with Crippen LogP contribution in [0.15, 0.2) is 0 Å². The fraction of sp³-hybridized carbons (Fsp3) is 0.867. The van der Waals surface area contributed by atoms with Crippen LogP contribution >= 0.6 is 0 Å². The molecule has 0 fully saturated rings. The van der Waals surface area contributed by atoms with Gasteiger partial charge in [0.15, 0.2) is 0 Å². The molecule has 21 heavy (non-hydrogen) atoms. The van der Waals surface area contributed by atoms with Crippen molar-refractivity contribution in [2.24, 2.45) is 11.7 Å². The molecule has 0 heterocycles. The average Bonchev–Trinajstić information content (AvgIpc) is 2.34. The van der Waals surface area contributed by atoms with Crippen LogP contribution in [0.4, 0.5) is 0 Å². The number of nitrogens with two attached hydrogens (primary N) is 1. The molecule has 2 atom stereocenters. The third-order valence-electron chi connectivity index (χ3n) is 2.86. The van der Waals surface area contributed by atoms with Gasteiger partial charge in [0.05, 0.1) is 12.6 Å². The largest absolute Gasteiger partial charge is 0.464 e. The Bertz CT molecular complexity index is 338. The molecular formula is C15H31N3O3. The van der Waals surface area contributed by atoms with Crippen LogP contribution in [0.3, 0.4) is 0 Å². The number of esters is 1. The second-order valence-electron chi connectivity index (χ2n) is 6.75. The minimum absolute atomic E-state index is 0.147. The third-order valence-corrected chi connectivity index (χ3v) is 2.86. The lowest BCUT2D eigenvalue weighted by Gasteiger charge is -2.28. The normalized spacial score (nSPS) is 14.7. The predicted molar refractivity (Wildman–Crippen MR) is 83.7 cm³/mol. The fourth-order valence-electron chi connectivity index (χ4n) is 1.91. The number of hydrogen-bond donors (Lipinski definition) is 3. The highest BCUT2D eigenvalue weighted by atomic mass is 16.5. The van der Waals surface area contributed by atoms with Crippen molar-refractivity contribution in [2.45, 2.75) is 65.1 Å². The van der Waals surface area contributed by atoms with Crippen molar-refractivity contribution >= 4 is 11.9 Å². The van der Waals surface area contributed by atoms with E-state index in [0.717, 1.165) is 0 Å². The van der Waals surface area contributed by atoms with Crippen molar-refractivity contribution in [2.75, 3.05) is 13.7 Å². The van der Waals surface area contributed by atoms with Crippen molar-refractivity contribution in [3.8, 4) is 0 Å². The zero-order valence-corrected chi connectivity index (χ0v) is 14.2. The molecule has 0 aromatic carbocycles. The molecule has 0 aliphatic rings. The number of amides is 1. The summed E-state index contributed by atoms with van der Waals surface area (Å²) >= 11 is 0. The molecular weight excluding hydrogens is 270 g/mol. The Morgan fingerprint density at radius 2 is 1.81 bits per heavy atom. The molecule has 0 bridgehead atoms. The van der Waals surface area contributed by atoms with Gasteiger partial charge in [0.2, 0.25) is 5.91 Å². The van der Waals surface area contributed by atoms with E-state index in [0.29, 0.717) is 18.8 Å². The van der Waals surface area contributed by atoms with Gasteiger partial charge < -0.3 is 15.8 Å². The molecule has 0 aromatic rings. The lowest BCUT2D eigenvalue weighted by atomic mass is 10.00. The highest BCUT2D eigenvalue weighted by Gasteiger charge is 2.26. The summed E-state index contributed by atoms with van der Waals surface area (Å²) < 4.78 is 5.25. The molecule has 4 N–H and O–H groups in total. The first-order chi connectivity index (χ1) is 9.56. The Labute approximate surface area is 128 Å². The Balaban J connectivity index is 4.38. The maximum Gasteiger partial charge on any atom is 0.323 e. The molecule has 0 saturated heterocycles. The van der Waals surface area contributed by atoms with Crippen LogP contribution < -0.4 is 16.4 Å². The lowest BCUT2D eigenvalue weighted by Crippen LogP contribution is -2.49. The van der Waals surface area contributed by atoms with Gasteiger partial charge in [0.1, 0.15) is 6.04 Å². The van der Waals surface area contributed by atoms with Crippen LogP contribution in [-0.4, -0.2) is 43.2 Å². The van der Waals surface area contributed by atoms with E-state index < -0.39 is 6.04 Å². The van der Waals surface area contributed by atoms with Gasteiger partial charge >= 0.3 is 5.97 Å². The molecule has 0 radical (unpaired) electrons. The van der Waals surface area contributed by atoms with Gasteiger partial charge in [-0.1, -0.05) is 13.8 Å². The lowest BCUT2D eigenvalue weighted by molar-refractivity contribution is -0.147. The average molecular weight is 301 g/mol. The number of rotatable bonds is 8. The summed E-state index contributed by atoms with van der Waals surface area (Å²) in [6.07, 6.45) is 1.02. The summed E-state index contributed by atoms with van der Waals surface area (Å²) in [4.78, 5) is 23.4. The predicted octanol–water partition coefficient (Wildman–Crippen LogP) is 0.796. The van der Waals surface area contributed by atoms with E-state index in [9.17, 15) is 9.59 Å². The SMILES string of the molecule is CNC(=O)[C@@H](N)CCOC(=O)[C@H](CC(C)C)NC(C)(C)C. The van der Waals surface area contributed by atoms with Crippen molar-refractivity contribution in [1.82, 2.24) is 10.6 Å². The van der Waals surface area contributed by atoms with Gasteiger partial charge in [0.25, 0.3) is 0 Å². The Kier molecular flexibility index (Phi) is 8.51. The molecule has 0 rings (SSSR count). The van der Waals surface area contributed by atoms with E-state index in [1.165, 1.54) is 7.05 Å². The van der Waals surface area contributed by atoms with Crippen LogP contribution in [0, 0.1) is 5.92 Å². The Hall–Kier alpha value is -1.14. The Morgan fingerprint density at radius 1 is 1.24 bits per heavy atom. The van der Waals surface area contributed by atoms with E-state index in [1.54, 1.807) is 0 Å². The molecule has 0 aromatic heterocycles. The molecule has 0 saturated carbocycles. The number of likely N-dealkylation sites (N-methyl/N-ethyl adjacent to an activating group) is 1. The Morgan fingerprint density at radius 3 is 2.24 bits per heavy atom. The summed E-state index contributed by atoms with van der Waals surface area (Å²) in [6, 6.07) is -0.997. The van der Waals surface area contributed by atoms with Gasteiger partial charge in [-0.15, -0.1) is 0 Å². The first-order valence-corrected chi connectivity index (χ1v) is 7.48. The van der Waals surface area contributed by atoms with Gasteiger partial charge in [-0.2, -0.15) is 0 Å². The third kappa shape index (κ3) is 9.42. The van der Waals surface area contributed by atoms with Crippen molar-refractivity contribution in [1.29, 1.82) is 0 Å². The minimum Gasteiger partial charge on any atom is -0.464 e. The second kappa shape index (κ2) is 9.00. The van der Waals surface area contributed by atoms with Crippen LogP contribution in [0.5, 0.6) is 0 Å². The summed E-state index contributed by atoms with van der Waals surface area (Å²) in [5.41, 5.74) is 5.48. The molecule has 124 valence electrons. The zero-order chi connectivity index (χ0) is 16.6. The maximum absolute atomic E-state index is 12.2. The van der Waals surface area contributed by atoms with Crippen LogP contribution in [0.1, 0.15) is 47.5 Å². The second-order valence-corrected chi connectivity index (χ2v) is 6.75. The highest BCUT2D eigenvalue weighted by molar-refractivity contribution is 5.81. The maximum atomic E-state index is 12.2. The summed E-state index contributed by atoms with van der Waals surface area (Å²) in [6.45, 7) is 10.3. The van der Waals surface area contributed by atoms with Crippen LogP contribution in [0.25, 0.3) is 0 Å².